The Bertz CT molecular complexity index is 447. The number of nitrogens with one attached hydrogen (secondary N) is 2. The normalized spacial score (nSPS) is 9.94. The lowest BCUT2D eigenvalue weighted by molar-refractivity contribution is -0.124. The van der Waals surface area contributed by atoms with Crippen LogP contribution in [-0.4, -0.2) is 18.4 Å². The van der Waals surface area contributed by atoms with Gasteiger partial charge in [-0.15, -0.1) is 0 Å². The Morgan fingerprint density at radius 3 is 2.61 bits per heavy atom. The third kappa shape index (κ3) is 4.87. The highest BCUT2D eigenvalue weighted by molar-refractivity contribution is 9.10. The van der Waals surface area contributed by atoms with Crippen LogP contribution < -0.4 is 10.6 Å². The summed E-state index contributed by atoms with van der Waals surface area (Å²) in [5.74, 6) is -0.326. The van der Waals surface area contributed by atoms with Gasteiger partial charge in [0, 0.05) is 16.6 Å². The molecular weight excluding hydrogens is 296 g/mol. The Morgan fingerprint density at radius 2 is 2.00 bits per heavy atom. The average molecular weight is 313 g/mol. The lowest BCUT2D eigenvalue weighted by Gasteiger charge is -2.08. The number of hydrogen-bond donors (Lipinski definition) is 2. The van der Waals surface area contributed by atoms with E-state index in [2.05, 4.69) is 26.6 Å². The molecule has 1 aromatic rings. The highest BCUT2D eigenvalue weighted by Crippen LogP contribution is 2.20. The van der Waals surface area contributed by atoms with Crippen LogP contribution in [0.3, 0.4) is 0 Å². The number of benzene rings is 1. The summed E-state index contributed by atoms with van der Waals surface area (Å²) in [4.78, 5) is 22.8. The molecule has 98 valence electrons. The summed E-state index contributed by atoms with van der Waals surface area (Å²) in [7, 11) is 0. The Morgan fingerprint density at radius 1 is 1.28 bits per heavy atom. The maximum Gasteiger partial charge on any atom is 0.243 e. The molecule has 1 aromatic carbocycles. The van der Waals surface area contributed by atoms with Gasteiger partial charge in [-0.25, -0.2) is 0 Å². The van der Waals surface area contributed by atoms with Crippen LogP contribution in [0.2, 0.25) is 0 Å². The largest absolute Gasteiger partial charge is 0.347 e. The van der Waals surface area contributed by atoms with E-state index in [0.29, 0.717) is 12.1 Å². The van der Waals surface area contributed by atoms with E-state index in [0.717, 1.165) is 16.5 Å². The smallest absolute Gasteiger partial charge is 0.243 e. The molecule has 0 atom stereocenters. The minimum absolute atomic E-state index is 0.00429. The van der Waals surface area contributed by atoms with E-state index in [4.69, 9.17) is 0 Å². The van der Waals surface area contributed by atoms with Crippen LogP contribution in [0.25, 0.3) is 0 Å². The maximum atomic E-state index is 11.6. The molecule has 2 amide bonds. The van der Waals surface area contributed by atoms with Gasteiger partial charge in [-0.1, -0.05) is 28.9 Å². The number of carbonyl (C=O) groups is 2. The zero-order chi connectivity index (χ0) is 13.5. The number of halogens is 1. The second kappa shape index (κ2) is 7.16. The number of carbonyl (C=O) groups excluding carboxylic acids is 2. The lowest BCUT2D eigenvalue weighted by atomic mass is 10.2. The molecule has 0 fully saturated rings. The molecule has 0 saturated heterocycles. The fourth-order valence-corrected chi connectivity index (χ4v) is 1.75. The summed E-state index contributed by atoms with van der Waals surface area (Å²) in [5, 5.41) is 5.29. The van der Waals surface area contributed by atoms with Gasteiger partial charge in [-0.3, -0.25) is 9.59 Å². The van der Waals surface area contributed by atoms with E-state index in [1.54, 1.807) is 0 Å². The first kappa shape index (κ1) is 14.7. The number of hydrogen-bond acceptors (Lipinski definition) is 2. The van der Waals surface area contributed by atoms with E-state index < -0.39 is 0 Å². The quantitative estimate of drug-likeness (QED) is 0.878. The van der Waals surface area contributed by atoms with E-state index in [-0.39, 0.29) is 18.4 Å². The van der Waals surface area contributed by atoms with Crippen molar-refractivity contribution < 1.29 is 9.59 Å². The Balaban J connectivity index is 2.44. The molecule has 18 heavy (non-hydrogen) atoms. The van der Waals surface area contributed by atoms with Gasteiger partial charge in [-0.05, 0) is 31.0 Å². The Kier molecular flexibility index (Phi) is 5.85. The van der Waals surface area contributed by atoms with Gasteiger partial charge in [0.25, 0.3) is 0 Å². The zero-order valence-electron chi connectivity index (χ0n) is 10.5. The van der Waals surface area contributed by atoms with Gasteiger partial charge in [0.05, 0.1) is 6.54 Å². The van der Waals surface area contributed by atoms with Gasteiger partial charge >= 0.3 is 0 Å². The molecule has 0 bridgehead atoms. The maximum absolute atomic E-state index is 11.6. The number of anilines is 1. The van der Waals surface area contributed by atoms with Crippen molar-refractivity contribution in [1.29, 1.82) is 0 Å². The molecule has 0 aliphatic heterocycles. The topological polar surface area (TPSA) is 58.2 Å². The monoisotopic (exact) mass is 312 g/mol. The first-order chi connectivity index (χ1) is 8.52. The Hall–Kier alpha value is -1.36. The number of amides is 2. The molecule has 0 radical (unpaired) electrons. The molecule has 1 rings (SSSR count). The summed E-state index contributed by atoms with van der Waals surface area (Å²) in [6.07, 6.45) is 1.22. The van der Waals surface area contributed by atoms with Crippen molar-refractivity contribution in [3.05, 3.63) is 28.2 Å². The minimum Gasteiger partial charge on any atom is -0.347 e. The number of aryl methyl sites for hydroxylation is 1. The standard InChI is InChI=1S/C13H17BrN2O2/c1-3-4-12(17)15-8-13(18)16-10-6-5-9(2)11(14)7-10/h5-7H,3-4,8H2,1-2H3,(H,15,17)(H,16,18). The summed E-state index contributed by atoms with van der Waals surface area (Å²) in [6, 6.07) is 5.57. The fourth-order valence-electron chi connectivity index (χ4n) is 1.37. The molecule has 0 aliphatic carbocycles. The van der Waals surface area contributed by atoms with Gasteiger partial charge in [0.1, 0.15) is 0 Å². The predicted molar refractivity (Wildman–Crippen MR) is 75.4 cm³/mol. The first-order valence-electron chi connectivity index (χ1n) is 5.85. The summed E-state index contributed by atoms with van der Waals surface area (Å²) in [6.45, 7) is 3.90. The van der Waals surface area contributed by atoms with Gasteiger partial charge < -0.3 is 10.6 Å². The lowest BCUT2D eigenvalue weighted by Crippen LogP contribution is -2.32. The van der Waals surface area contributed by atoms with Crippen LogP contribution in [0, 0.1) is 6.92 Å². The van der Waals surface area contributed by atoms with Gasteiger partial charge in [0.2, 0.25) is 11.8 Å². The SMILES string of the molecule is CCCC(=O)NCC(=O)Nc1ccc(C)c(Br)c1. The van der Waals surface area contributed by atoms with Crippen molar-refractivity contribution in [1.82, 2.24) is 5.32 Å². The Labute approximate surface area is 115 Å². The van der Waals surface area contributed by atoms with Crippen LogP contribution in [0.1, 0.15) is 25.3 Å². The van der Waals surface area contributed by atoms with Crippen molar-refractivity contribution in [3.8, 4) is 0 Å². The second-order valence-electron chi connectivity index (χ2n) is 4.04. The molecule has 0 heterocycles. The highest BCUT2D eigenvalue weighted by atomic mass is 79.9. The van der Waals surface area contributed by atoms with Crippen LogP contribution >= 0.6 is 15.9 Å². The molecular formula is C13H17BrN2O2. The fraction of sp³-hybridized carbons (Fsp3) is 0.385. The number of rotatable bonds is 5. The first-order valence-corrected chi connectivity index (χ1v) is 6.65. The van der Waals surface area contributed by atoms with Crippen molar-refractivity contribution in [3.63, 3.8) is 0 Å². The molecule has 4 nitrogen and oxygen atoms in total. The summed E-state index contributed by atoms with van der Waals surface area (Å²) < 4.78 is 0.940. The summed E-state index contributed by atoms with van der Waals surface area (Å²) in [5.41, 5.74) is 1.81. The van der Waals surface area contributed by atoms with Crippen LogP contribution in [0.4, 0.5) is 5.69 Å². The van der Waals surface area contributed by atoms with E-state index in [1.165, 1.54) is 0 Å². The molecule has 2 N–H and O–H groups in total. The summed E-state index contributed by atoms with van der Waals surface area (Å²) >= 11 is 3.40. The molecule has 5 heteroatoms. The average Bonchev–Trinajstić information content (AvgIpc) is 2.32. The minimum atomic E-state index is -0.227. The van der Waals surface area contributed by atoms with Gasteiger partial charge in [-0.2, -0.15) is 0 Å². The molecule has 0 saturated carbocycles. The van der Waals surface area contributed by atoms with Crippen molar-refractivity contribution in [2.45, 2.75) is 26.7 Å². The van der Waals surface area contributed by atoms with Crippen molar-refractivity contribution in [2.24, 2.45) is 0 Å². The van der Waals surface area contributed by atoms with Gasteiger partial charge in [0.15, 0.2) is 0 Å². The second-order valence-corrected chi connectivity index (χ2v) is 4.89. The van der Waals surface area contributed by atoms with E-state index >= 15 is 0 Å². The molecule has 0 spiro atoms. The highest BCUT2D eigenvalue weighted by Gasteiger charge is 2.05. The van der Waals surface area contributed by atoms with Crippen LogP contribution in [0.5, 0.6) is 0 Å². The molecule has 0 aromatic heterocycles. The third-order valence-electron chi connectivity index (χ3n) is 2.38. The van der Waals surface area contributed by atoms with Crippen molar-refractivity contribution >= 4 is 33.4 Å². The predicted octanol–water partition coefficient (Wildman–Crippen LogP) is 2.61. The van der Waals surface area contributed by atoms with Crippen LogP contribution in [0.15, 0.2) is 22.7 Å². The van der Waals surface area contributed by atoms with Crippen molar-refractivity contribution in [2.75, 3.05) is 11.9 Å². The van der Waals surface area contributed by atoms with E-state index in [9.17, 15) is 9.59 Å². The molecule has 0 aliphatic rings. The third-order valence-corrected chi connectivity index (χ3v) is 3.23. The zero-order valence-corrected chi connectivity index (χ0v) is 12.1. The van der Waals surface area contributed by atoms with Crippen LogP contribution in [-0.2, 0) is 9.59 Å². The molecule has 0 unspecified atom stereocenters. The van der Waals surface area contributed by atoms with E-state index in [1.807, 2.05) is 32.0 Å².